The topological polar surface area (TPSA) is 379 Å². The number of fused-ring (bicyclic) bond motifs is 3. The van der Waals surface area contributed by atoms with Crippen molar-refractivity contribution in [2.75, 3.05) is 12.3 Å². The summed E-state index contributed by atoms with van der Waals surface area (Å²) in [6.07, 6.45) is -1.78. The molecule has 3 aromatic carbocycles. The van der Waals surface area contributed by atoms with E-state index in [2.05, 4.69) is 30.0 Å². The monoisotopic (exact) mass is 1110 g/mol. The van der Waals surface area contributed by atoms with Crippen LogP contribution in [0.2, 0.25) is 0 Å². The van der Waals surface area contributed by atoms with Gasteiger partial charge in [-0.25, -0.2) is 18.7 Å². The summed E-state index contributed by atoms with van der Waals surface area (Å²) in [5.74, 6) is 5.36. The number of rotatable bonds is 20. The molecule has 0 radical (unpaired) electrons. The normalized spacial score (nSPS) is 17.8. The lowest BCUT2D eigenvalue weighted by Crippen LogP contribution is -2.26. The highest BCUT2D eigenvalue weighted by atomic mass is 31.3. The Morgan fingerprint density at radius 1 is 1.00 bits per heavy atom. The van der Waals surface area contributed by atoms with Crippen LogP contribution in [0.1, 0.15) is 72.5 Å². The number of Topliss-reactive ketones (excluding diaryl/α,β-unsaturated/α-hetero) is 1. The van der Waals surface area contributed by atoms with Gasteiger partial charge in [0.05, 0.1) is 35.9 Å². The van der Waals surface area contributed by atoms with E-state index in [0.717, 1.165) is 0 Å². The molecule has 8 rings (SSSR count). The Bertz CT molecular complexity index is 3660. The van der Waals surface area contributed by atoms with Crippen molar-refractivity contribution in [2.45, 2.75) is 64.3 Å². The van der Waals surface area contributed by atoms with E-state index >= 15 is 0 Å². The van der Waals surface area contributed by atoms with Crippen molar-refractivity contribution >= 4 is 69.1 Å². The number of hydrogen-bond donors (Lipinski definition) is 7. The molecule has 5 aromatic rings. The van der Waals surface area contributed by atoms with Crippen LogP contribution in [0.3, 0.4) is 0 Å². The summed E-state index contributed by atoms with van der Waals surface area (Å²) < 4.78 is 72.2. The average Bonchev–Trinajstić information content (AvgIpc) is 3.91. The van der Waals surface area contributed by atoms with Crippen LogP contribution in [-0.2, 0) is 47.7 Å². The molecule has 2 aromatic heterocycles. The van der Waals surface area contributed by atoms with E-state index in [9.17, 15) is 58.2 Å². The molecule has 2 aliphatic heterocycles. The number of carbonyl (C=O) groups is 2. The van der Waals surface area contributed by atoms with E-state index in [0.29, 0.717) is 33.0 Å². The van der Waals surface area contributed by atoms with Crippen molar-refractivity contribution in [3.8, 4) is 45.8 Å². The zero-order chi connectivity index (χ0) is 54.9. The minimum Gasteiger partial charge on any atom is -0.508 e. The first-order chi connectivity index (χ1) is 35.9. The molecule has 398 valence electrons. The number of phenolic OH excluding ortho intramolecular Hbond substituents is 1. The first-order valence-corrected chi connectivity index (χ1v) is 27.1. The smallest absolute Gasteiger partial charge is 0.490 e. The molecule has 76 heavy (non-hydrogen) atoms. The SMILES string of the molecule is CC(C)[C@H](OCc1cn([C@H]2C[C@@H](O)[C@@H](COP(=O)(O)OP(=O)(O)OP(=O)(O)O)O2)c2nccc(N)c12)c1ccc(C#CCCC(=O)c2ccc(OC=O)c(-c3c4ccc(=O)cc-4oc4cc(O)ccc34)c2)cc1[N+](=O)[O-]. The minimum absolute atomic E-state index is 0.0504. The molecule has 0 bridgehead atoms. The predicted molar refractivity (Wildman–Crippen MR) is 267 cm³/mol. The number of anilines is 1. The van der Waals surface area contributed by atoms with Gasteiger partial charge in [0.25, 0.3) is 12.2 Å². The van der Waals surface area contributed by atoms with Crippen molar-refractivity contribution in [3.63, 3.8) is 0 Å². The van der Waals surface area contributed by atoms with Crippen LogP contribution in [0.5, 0.6) is 11.5 Å². The van der Waals surface area contributed by atoms with Gasteiger partial charge in [-0.05, 0) is 66.6 Å². The van der Waals surface area contributed by atoms with Crippen LogP contribution in [-0.4, -0.2) is 75.3 Å². The minimum atomic E-state index is -5.80. The zero-order valence-corrected chi connectivity index (χ0v) is 42.4. The molecule has 8 N–H and O–H groups in total. The quantitative estimate of drug-likeness (QED) is 0.00735. The highest BCUT2D eigenvalue weighted by molar-refractivity contribution is 7.66. The molecule has 1 saturated heterocycles. The fourth-order valence-electron chi connectivity index (χ4n) is 8.65. The molecule has 2 unspecified atom stereocenters. The van der Waals surface area contributed by atoms with E-state index in [-0.39, 0.29) is 106 Å². The highest BCUT2D eigenvalue weighted by Crippen LogP contribution is 2.66. The van der Waals surface area contributed by atoms with Gasteiger partial charge >= 0.3 is 23.5 Å². The molecule has 0 amide bonds. The lowest BCUT2D eigenvalue weighted by Gasteiger charge is -2.22. The van der Waals surface area contributed by atoms with Gasteiger partial charge in [0.2, 0.25) is 0 Å². The summed E-state index contributed by atoms with van der Waals surface area (Å²) in [7, 11) is -17.0. The first kappa shape index (κ1) is 55.3. The number of phosphoric ester groups is 1. The van der Waals surface area contributed by atoms with Crippen molar-refractivity contribution in [1.82, 2.24) is 9.55 Å². The Morgan fingerprint density at radius 2 is 1.78 bits per heavy atom. The van der Waals surface area contributed by atoms with E-state index in [1.54, 1.807) is 44.3 Å². The molecule has 1 fully saturated rings. The number of phosphoric acid groups is 3. The van der Waals surface area contributed by atoms with Crippen LogP contribution in [0.4, 0.5) is 11.4 Å². The Labute approximate surface area is 429 Å². The number of aromatic nitrogens is 2. The summed E-state index contributed by atoms with van der Waals surface area (Å²) in [6, 6.07) is 19.0. The van der Waals surface area contributed by atoms with Gasteiger partial charge in [0.15, 0.2) is 11.2 Å². The number of aliphatic hydroxyl groups is 1. The van der Waals surface area contributed by atoms with E-state index in [1.807, 2.05) is 0 Å². The average molecular weight is 1110 g/mol. The maximum absolute atomic E-state index is 13.7. The Balaban J connectivity index is 0.965. The second kappa shape index (κ2) is 22.3. The maximum Gasteiger partial charge on any atom is 0.490 e. The van der Waals surface area contributed by atoms with Crippen LogP contribution in [0.15, 0.2) is 100 Å². The number of pyridine rings is 1. The lowest BCUT2D eigenvalue weighted by molar-refractivity contribution is -0.386. The molecule has 3 aliphatic rings. The molecule has 28 heteroatoms. The van der Waals surface area contributed by atoms with Gasteiger partial charge in [-0.2, -0.15) is 8.62 Å². The number of carbonyl (C=O) groups excluding carboxylic acids is 2. The van der Waals surface area contributed by atoms with Crippen molar-refractivity contribution in [3.05, 3.63) is 134 Å². The molecule has 0 saturated carbocycles. The highest BCUT2D eigenvalue weighted by Gasteiger charge is 2.43. The predicted octanol–water partition coefficient (Wildman–Crippen LogP) is 7.57. The lowest BCUT2D eigenvalue weighted by atomic mass is 9.91. The summed E-state index contributed by atoms with van der Waals surface area (Å²) in [5.41, 5.74) is 9.03. The number of nitro benzene ring substituents is 1. The molecule has 0 spiro atoms. The molecule has 1 aliphatic carbocycles. The first-order valence-electron chi connectivity index (χ1n) is 22.6. The molecule has 6 atom stereocenters. The van der Waals surface area contributed by atoms with Crippen LogP contribution in [0, 0.1) is 27.9 Å². The third-order valence-electron chi connectivity index (χ3n) is 11.8. The van der Waals surface area contributed by atoms with Crippen molar-refractivity contribution in [1.29, 1.82) is 0 Å². The molecular weight excluding hydrogens is 1060 g/mol. The fourth-order valence-corrected chi connectivity index (χ4v) is 11.7. The number of nitrogen functional groups attached to an aromatic ring is 1. The third kappa shape index (κ3) is 12.6. The van der Waals surface area contributed by atoms with Crippen LogP contribution >= 0.6 is 23.5 Å². The Hall–Kier alpha value is -6.97. The number of nitrogens with two attached hydrogens (primary N) is 1. The second-order valence-corrected chi connectivity index (χ2v) is 21.9. The zero-order valence-electron chi connectivity index (χ0n) is 39.7. The number of nitrogens with zero attached hydrogens (tertiary/aromatic N) is 3. The third-order valence-corrected chi connectivity index (χ3v) is 15.6. The number of aliphatic hydroxyl groups excluding tert-OH is 1. The Kier molecular flexibility index (Phi) is 16.2. The van der Waals surface area contributed by atoms with E-state index in [1.165, 1.54) is 65.4 Å². The fraction of sp³-hybridized carbons (Fsp3) is 0.250. The van der Waals surface area contributed by atoms with E-state index < -0.39 is 59.5 Å². The summed E-state index contributed by atoms with van der Waals surface area (Å²) in [5, 5.41) is 34.5. The second-order valence-electron chi connectivity index (χ2n) is 17.5. The standard InChI is InChI=1S/C48H45N4O21P3/c1-26(2)47(67-23-29-22-51(48-45(29)36(49)15-16-50-48)44-21-39(57)43(71-44)24-69-75(63,64)73-76(65,66)72-74(60,61)62)32-11-7-27(17-37(32)52(58)59)5-3-4-6-38(56)28-8-14-40(68-25-53)35(18-28)46-33-12-9-30(54)19-41(33)70-42-20-31(55)10-13-34(42)46/h7-20,22,25-26,39,43-44,47,54,57H,4,6,21,23-24H2,1-2H3,(H2,49,50)(H,63,64)(H,65,66)(H2,60,61,62)/t39-,43-,44-,47+/m1/s1. The van der Waals surface area contributed by atoms with Gasteiger partial charge in [-0.15, -0.1) is 0 Å². The van der Waals surface area contributed by atoms with Gasteiger partial charge in [0, 0.05) is 99.7 Å². The van der Waals surface area contributed by atoms with Crippen molar-refractivity contribution < 1.29 is 89.8 Å². The number of nitro groups is 1. The number of phenols is 1. The number of benzene rings is 4. The molecule has 4 heterocycles. The van der Waals surface area contributed by atoms with Gasteiger partial charge in [0.1, 0.15) is 40.8 Å². The maximum atomic E-state index is 13.7. The summed E-state index contributed by atoms with van der Waals surface area (Å²) in [6.45, 7) is 2.76. The van der Waals surface area contributed by atoms with Gasteiger partial charge in [-0.3, -0.25) is 29.0 Å². The largest absolute Gasteiger partial charge is 0.508 e. The number of aromatic hydroxyl groups is 1. The summed E-state index contributed by atoms with van der Waals surface area (Å²) in [4.78, 5) is 90.9. The number of ether oxygens (including phenoxy) is 3. The number of hydrogen-bond acceptors (Lipinski definition) is 19. The number of ketones is 1. The van der Waals surface area contributed by atoms with E-state index in [4.69, 9.17) is 34.1 Å². The van der Waals surface area contributed by atoms with Gasteiger partial charge < -0.3 is 58.7 Å². The molecular formula is C48H45N4O21P3. The summed E-state index contributed by atoms with van der Waals surface area (Å²) >= 11 is 0. The van der Waals surface area contributed by atoms with Crippen LogP contribution in [0.25, 0.3) is 44.5 Å². The van der Waals surface area contributed by atoms with Crippen LogP contribution < -0.4 is 15.9 Å². The van der Waals surface area contributed by atoms with Gasteiger partial charge in [-0.1, -0.05) is 25.7 Å². The Morgan fingerprint density at radius 3 is 2.50 bits per heavy atom. The van der Waals surface area contributed by atoms with Crippen molar-refractivity contribution in [2.24, 2.45) is 5.92 Å². The molecule has 25 nitrogen and oxygen atoms in total.